The van der Waals surface area contributed by atoms with Crippen molar-refractivity contribution in [2.45, 2.75) is 43.3 Å². The number of carbonyl (C=O) groups excluding carboxylic acids is 1. The molecule has 3 saturated heterocycles. The van der Waals surface area contributed by atoms with Crippen molar-refractivity contribution < 1.29 is 41.5 Å². The van der Waals surface area contributed by atoms with E-state index >= 15 is 0 Å². The highest BCUT2D eigenvalue weighted by atomic mass is 32.7. The van der Waals surface area contributed by atoms with Crippen molar-refractivity contribution in [1.29, 1.82) is 0 Å². The third-order valence-corrected chi connectivity index (χ3v) is 10.8. The quantitative estimate of drug-likeness (QED) is 0.137. The number of ether oxygens (including phenoxy) is 2. The highest BCUT2D eigenvalue weighted by Gasteiger charge is 2.48. The van der Waals surface area contributed by atoms with Crippen molar-refractivity contribution in [3.63, 3.8) is 0 Å². The summed E-state index contributed by atoms with van der Waals surface area (Å²) in [4.78, 5) is 24.4. The molecule has 45 heavy (non-hydrogen) atoms. The van der Waals surface area contributed by atoms with Crippen molar-refractivity contribution >= 4 is 72.0 Å². The standard InChI is InChI=1S/C23H25N9O9P2S2/c1-10-14-6-36-42(34,44)40-13-5-16(31-9-28-18-20(24)26-8-27-22(18)31)38-15(13)7-37-43(35,45)41-19(10)23(39-14)32-12-4-2-3-11(21(25)33)17(12)29-30-32/h2-4,8-9,13-16,19,23H,1,5-7H2,(H2,25,33)(H,34,44)(H,35,45)(H2,24,26,27)/t13-,14+,15+,16+,19+,23+,42?,43?/m0/s1. The maximum Gasteiger partial charge on any atom is 0.386 e. The monoisotopic (exact) mass is 697 g/mol. The molecule has 2 bridgehead atoms. The molecule has 8 atom stereocenters. The van der Waals surface area contributed by atoms with Gasteiger partial charge < -0.3 is 20.9 Å². The Bertz CT molecular complexity index is 1940. The molecule has 1 amide bonds. The van der Waals surface area contributed by atoms with Crippen LogP contribution in [-0.2, 0) is 36.7 Å². The Hall–Kier alpha value is -2.90. The molecule has 0 spiro atoms. The second kappa shape index (κ2) is 11.4. The first-order valence-electron chi connectivity index (χ1n) is 13.3. The van der Waals surface area contributed by atoms with E-state index in [4.69, 9.17) is 39.0 Å². The van der Waals surface area contributed by atoms with E-state index in [1.807, 2.05) is 0 Å². The number of thiol groups is 2. The Morgan fingerprint density at radius 1 is 1.02 bits per heavy atom. The molecule has 1 aromatic carbocycles. The maximum atomic E-state index is 13.6. The van der Waals surface area contributed by atoms with Gasteiger partial charge in [0.1, 0.15) is 48.0 Å². The van der Waals surface area contributed by atoms with Gasteiger partial charge in [0.2, 0.25) is 0 Å². The first-order valence-corrected chi connectivity index (χ1v) is 18.7. The Morgan fingerprint density at radius 2 is 1.80 bits per heavy atom. The van der Waals surface area contributed by atoms with Gasteiger partial charge in [-0.3, -0.25) is 27.5 Å². The molecular formula is C23H25N9O9P2S2. The molecule has 3 aliphatic heterocycles. The van der Waals surface area contributed by atoms with Crippen molar-refractivity contribution in [3.8, 4) is 0 Å². The van der Waals surface area contributed by atoms with E-state index in [1.54, 1.807) is 16.7 Å². The summed E-state index contributed by atoms with van der Waals surface area (Å²) in [7, 11) is 0. The molecule has 3 aliphatic rings. The molecule has 0 saturated carbocycles. The van der Waals surface area contributed by atoms with Crippen LogP contribution >= 0.6 is 38.1 Å². The van der Waals surface area contributed by atoms with Crippen molar-refractivity contribution in [1.82, 2.24) is 34.5 Å². The van der Waals surface area contributed by atoms with Crippen LogP contribution in [0.4, 0.5) is 5.82 Å². The number of carbonyl (C=O) groups is 1. The molecule has 4 N–H and O–H groups in total. The number of hydrogen-bond acceptors (Lipinski definition) is 15. The van der Waals surface area contributed by atoms with Crippen molar-refractivity contribution in [3.05, 3.63) is 48.6 Å². The number of nitrogens with two attached hydrogens (primary N) is 2. The van der Waals surface area contributed by atoms with Crippen LogP contribution in [0, 0.1) is 0 Å². The molecule has 2 unspecified atom stereocenters. The lowest BCUT2D eigenvalue weighted by molar-refractivity contribution is -0.0597. The average molecular weight is 698 g/mol. The number of primary amides is 1. The molecule has 0 radical (unpaired) electrons. The first kappa shape index (κ1) is 30.7. The van der Waals surface area contributed by atoms with Gasteiger partial charge in [-0.15, -0.1) is 5.10 Å². The molecule has 0 aliphatic carbocycles. The van der Waals surface area contributed by atoms with Crippen LogP contribution in [0.2, 0.25) is 0 Å². The summed E-state index contributed by atoms with van der Waals surface area (Å²) in [6, 6.07) is 4.73. The topological polar surface area (TPSA) is 233 Å². The van der Waals surface area contributed by atoms with E-state index in [9.17, 15) is 13.9 Å². The fourth-order valence-corrected chi connectivity index (χ4v) is 8.35. The van der Waals surface area contributed by atoms with E-state index in [0.29, 0.717) is 16.7 Å². The van der Waals surface area contributed by atoms with Gasteiger partial charge in [-0.25, -0.2) is 28.8 Å². The lowest BCUT2D eigenvalue weighted by Gasteiger charge is -2.25. The third-order valence-electron chi connectivity index (χ3n) is 7.54. The lowest BCUT2D eigenvalue weighted by atomic mass is 10.1. The minimum absolute atomic E-state index is 0.135. The molecule has 3 fully saturated rings. The zero-order valence-corrected chi connectivity index (χ0v) is 26.5. The average Bonchev–Trinajstić information content (AvgIpc) is 3.76. The fraction of sp³-hybridized carbons (Fsp3) is 0.391. The van der Waals surface area contributed by atoms with E-state index in [-0.39, 0.29) is 42.1 Å². The van der Waals surface area contributed by atoms with E-state index in [1.165, 1.54) is 23.4 Å². The zero-order chi connectivity index (χ0) is 31.7. The molecule has 4 aromatic rings. The van der Waals surface area contributed by atoms with Gasteiger partial charge in [-0.1, -0.05) is 42.4 Å². The van der Waals surface area contributed by atoms with Crippen LogP contribution in [0.1, 0.15) is 29.2 Å². The van der Waals surface area contributed by atoms with Gasteiger partial charge in [-0.05, 0) is 17.7 Å². The number of amides is 1. The Balaban J connectivity index is 1.19. The summed E-state index contributed by atoms with van der Waals surface area (Å²) in [6.45, 7) is -4.89. The second-order valence-corrected chi connectivity index (χ2v) is 16.1. The van der Waals surface area contributed by atoms with Crippen LogP contribution in [0.3, 0.4) is 0 Å². The molecule has 7 rings (SSSR count). The first-order chi connectivity index (χ1) is 21.4. The smallest absolute Gasteiger partial charge is 0.382 e. The summed E-state index contributed by atoms with van der Waals surface area (Å²) in [5.41, 5.74) is 13.2. The van der Waals surface area contributed by atoms with Gasteiger partial charge >= 0.3 is 13.6 Å². The number of imidazole rings is 1. The highest BCUT2D eigenvalue weighted by Crippen LogP contribution is 2.60. The molecule has 22 heteroatoms. The molecule has 18 nitrogen and oxygen atoms in total. The minimum atomic E-state index is -4.17. The van der Waals surface area contributed by atoms with E-state index in [2.05, 4.69) is 56.3 Å². The number of anilines is 1. The van der Waals surface area contributed by atoms with Crippen LogP contribution in [0.15, 0.2) is 43.0 Å². The zero-order valence-electron chi connectivity index (χ0n) is 22.9. The number of rotatable bonds is 3. The van der Waals surface area contributed by atoms with Gasteiger partial charge in [0.15, 0.2) is 17.7 Å². The second-order valence-electron chi connectivity index (χ2n) is 10.3. The Labute approximate surface area is 264 Å². The van der Waals surface area contributed by atoms with Crippen LogP contribution < -0.4 is 11.5 Å². The molecular weight excluding hydrogens is 672 g/mol. The minimum Gasteiger partial charge on any atom is -0.382 e. The summed E-state index contributed by atoms with van der Waals surface area (Å²) >= 11 is 8.39. The van der Waals surface area contributed by atoms with E-state index in [0.717, 1.165) is 0 Å². The van der Waals surface area contributed by atoms with Crippen molar-refractivity contribution in [2.75, 3.05) is 18.9 Å². The Morgan fingerprint density at radius 3 is 2.60 bits per heavy atom. The van der Waals surface area contributed by atoms with Gasteiger partial charge in [0, 0.05) is 6.42 Å². The van der Waals surface area contributed by atoms with Gasteiger partial charge in [0.25, 0.3) is 5.91 Å². The maximum absolute atomic E-state index is 13.6. The number of fused-ring (bicyclic) bond motifs is 5. The predicted octanol–water partition coefficient (Wildman–Crippen LogP) is 2.59. The Kier molecular flexibility index (Phi) is 7.80. The highest BCUT2D eigenvalue weighted by molar-refractivity contribution is 8.44. The number of hydrogen-bond donors (Lipinski definition) is 4. The van der Waals surface area contributed by atoms with Gasteiger partial charge in [-0.2, -0.15) is 0 Å². The number of aromatic nitrogens is 7. The summed E-state index contributed by atoms with van der Waals surface area (Å²) < 4.78 is 65.3. The van der Waals surface area contributed by atoms with Gasteiger partial charge in [0.05, 0.1) is 30.6 Å². The molecule has 6 heterocycles. The SMILES string of the molecule is C=C1[C@H]2OP(=O)(S)OC[C@H]3O[C@@H](n4cnc5c(N)ncnc54)C[C@@H]3OP(=O)(S)OC[C@H]1O[C@H]2n1nnc2c(C(N)=O)cccc21. The van der Waals surface area contributed by atoms with Crippen LogP contribution in [0.5, 0.6) is 0 Å². The summed E-state index contributed by atoms with van der Waals surface area (Å²) in [5.74, 6) is -0.520. The largest absolute Gasteiger partial charge is 0.386 e. The lowest BCUT2D eigenvalue weighted by Crippen LogP contribution is -2.29. The molecule has 238 valence electrons. The third kappa shape index (κ3) is 5.69. The number of nitrogen functional groups attached to an aromatic ring is 1. The van der Waals surface area contributed by atoms with Crippen LogP contribution in [-0.4, -0.2) is 78.0 Å². The normalized spacial score (nSPS) is 34.3. The number of nitrogens with zero attached hydrogens (tertiary/aromatic N) is 7. The van der Waals surface area contributed by atoms with Crippen molar-refractivity contribution in [2.24, 2.45) is 5.73 Å². The summed E-state index contributed by atoms with van der Waals surface area (Å²) in [5, 5.41) is 8.21. The molecule has 3 aromatic heterocycles. The summed E-state index contributed by atoms with van der Waals surface area (Å²) in [6.07, 6.45) is -2.91. The van der Waals surface area contributed by atoms with Crippen LogP contribution in [0.25, 0.3) is 22.2 Å². The predicted molar refractivity (Wildman–Crippen MR) is 162 cm³/mol. The fourth-order valence-electron chi connectivity index (χ4n) is 5.41. The van der Waals surface area contributed by atoms with E-state index < -0.39 is 56.4 Å². The number of benzene rings is 1.